The molecule has 1 N–H and O–H groups in total. The van der Waals surface area contributed by atoms with Crippen molar-refractivity contribution in [1.29, 1.82) is 0 Å². The first-order valence-electron chi connectivity index (χ1n) is 8.84. The van der Waals surface area contributed by atoms with Gasteiger partial charge in [0.25, 0.3) is 0 Å². The summed E-state index contributed by atoms with van der Waals surface area (Å²) in [5.41, 5.74) is 1.92. The maximum Gasteiger partial charge on any atom is 0.355 e. The van der Waals surface area contributed by atoms with Gasteiger partial charge in [0.15, 0.2) is 5.69 Å². The van der Waals surface area contributed by atoms with Gasteiger partial charge in [-0.15, -0.1) is 11.3 Å². The Bertz CT molecular complexity index is 975. The SMILES string of the molecule is COc1ccc(CN(Cc2ccc(F)cc2)Cc2nc(C(=O)O)cs2)c(OC)c1. The van der Waals surface area contributed by atoms with Crippen molar-refractivity contribution in [3.63, 3.8) is 0 Å². The minimum atomic E-state index is -1.05. The Morgan fingerprint density at radius 3 is 2.48 bits per heavy atom. The van der Waals surface area contributed by atoms with Crippen LogP contribution in [0.5, 0.6) is 11.5 Å². The second-order valence-corrected chi connectivity index (χ2v) is 7.32. The van der Waals surface area contributed by atoms with Crippen molar-refractivity contribution in [3.05, 3.63) is 75.5 Å². The van der Waals surface area contributed by atoms with E-state index in [9.17, 15) is 9.18 Å². The number of rotatable bonds is 9. The number of ether oxygens (including phenoxy) is 2. The fourth-order valence-electron chi connectivity index (χ4n) is 2.91. The molecule has 0 amide bonds. The molecular weight excluding hydrogens is 395 g/mol. The molecule has 152 valence electrons. The Morgan fingerprint density at radius 2 is 1.86 bits per heavy atom. The van der Waals surface area contributed by atoms with Crippen molar-refractivity contribution in [3.8, 4) is 11.5 Å². The number of benzene rings is 2. The Morgan fingerprint density at radius 1 is 1.10 bits per heavy atom. The van der Waals surface area contributed by atoms with E-state index in [0.717, 1.165) is 11.1 Å². The monoisotopic (exact) mass is 416 g/mol. The zero-order valence-electron chi connectivity index (χ0n) is 16.1. The molecule has 0 atom stereocenters. The number of aromatic carboxylic acids is 1. The van der Waals surface area contributed by atoms with E-state index in [0.29, 0.717) is 36.1 Å². The highest BCUT2D eigenvalue weighted by atomic mass is 32.1. The zero-order chi connectivity index (χ0) is 20.8. The highest BCUT2D eigenvalue weighted by Crippen LogP contribution is 2.27. The van der Waals surface area contributed by atoms with Crippen LogP contribution in [0.25, 0.3) is 0 Å². The van der Waals surface area contributed by atoms with Gasteiger partial charge in [-0.25, -0.2) is 14.2 Å². The van der Waals surface area contributed by atoms with E-state index in [1.165, 1.54) is 28.8 Å². The van der Waals surface area contributed by atoms with Crippen molar-refractivity contribution in [2.45, 2.75) is 19.6 Å². The van der Waals surface area contributed by atoms with E-state index in [2.05, 4.69) is 9.88 Å². The molecule has 0 unspecified atom stereocenters. The maximum absolute atomic E-state index is 13.3. The number of nitrogens with zero attached hydrogens (tertiary/aromatic N) is 2. The first-order valence-corrected chi connectivity index (χ1v) is 9.72. The summed E-state index contributed by atoms with van der Waals surface area (Å²) >= 11 is 1.30. The summed E-state index contributed by atoms with van der Waals surface area (Å²) in [6, 6.07) is 11.9. The lowest BCUT2D eigenvalue weighted by Gasteiger charge is -2.23. The van der Waals surface area contributed by atoms with Gasteiger partial charge in [-0.3, -0.25) is 4.90 Å². The van der Waals surface area contributed by atoms with Gasteiger partial charge in [-0.1, -0.05) is 18.2 Å². The number of carbonyl (C=O) groups is 1. The van der Waals surface area contributed by atoms with Gasteiger partial charge >= 0.3 is 5.97 Å². The molecule has 0 aliphatic rings. The number of aromatic nitrogens is 1. The molecule has 6 nitrogen and oxygen atoms in total. The first kappa shape index (κ1) is 20.8. The van der Waals surface area contributed by atoms with E-state index in [1.807, 2.05) is 18.2 Å². The Balaban J connectivity index is 1.85. The predicted molar refractivity (Wildman–Crippen MR) is 108 cm³/mol. The lowest BCUT2D eigenvalue weighted by atomic mass is 10.1. The second kappa shape index (κ2) is 9.49. The molecule has 0 saturated heterocycles. The summed E-state index contributed by atoms with van der Waals surface area (Å²) < 4.78 is 24.0. The summed E-state index contributed by atoms with van der Waals surface area (Å²) in [6.45, 7) is 1.52. The van der Waals surface area contributed by atoms with Crippen LogP contribution in [0.3, 0.4) is 0 Å². The number of carboxylic acid groups (broad SMARTS) is 1. The van der Waals surface area contributed by atoms with Crippen LogP contribution in [-0.2, 0) is 19.6 Å². The molecule has 3 aromatic rings. The number of halogens is 1. The highest BCUT2D eigenvalue weighted by Gasteiger charge is 2.16. The maximum atomic E-state index is 13.3. The number of carboxylic acids is 1. The fourth-order valence-corrected chi connectivity index (χ4v) is 3.72. The molecule has 0 radical (unpaired) electrons. The van der Waals surface area contributed by atoms with Crippen LogP contribution in [0, 0.1) is 5.82 Å². The highest BCUT2D eigenvalue weighted by molar-refractivity contribution is 7.09. The van der Waals surface area contributed by atoms with Crippen LogP contribution in [0.15, 0.2) is 47.8 Å². The summed E-state index contributed by atoms with van der Waals surface area (Å²) in [5.74, 6) is 0.0538. The lowest BCUT2D eigenvalue weighted by molar-refractivity contribution is 0.0691. The summed E-state index contributed by atoms with van der Waals surface area (Å²) in [5, 5.41) is 11.3. The molecule has 0 aliphatic carbocycles. The van der Waals surface area contributed by atoms with Crippen LogP contribution in [0.4, 0.5) is 4.39 Å². The molecule has 0 aliphatic heterocycles. The van der Waals surface area contributed by atoms with Crippen molar-refractivity contribution >= 4 is 17.3 Å². The standard InChI is InChI=1S/C21H21FN2O4S/c1-27-17-8-5-15(19(9-17)28-2)11-24(10-14-3-6-16(22)7-4-14)12-20-23-18(13-29-20)21(25)26/h3-9,13H,10-12H2,1-2H3,(H,25,26). The molecule has 0 saturated carbocycles. The van der Waals surface area contributed by atoms with Crippen LogP contribution in [0.2, 0.25) is 0 Å². The molecule has 0 bridgehead atoms. The van der Waals surface area contributed by atoms with Gasteiger partial charge in [0.1, 0.15) is 22.3 Å². The third-order valence-electron chi connectivity index (χ3n) is 4.34. The van der Waals surface area contributed by atoms with Crippen LogP contribution >= 0.6 is 11.3 Å². The van der Waals surface area contributed by atoms with Gasteiger partial charge in [0.2, 0.25) is 0 Å². The molecular formula is C21H21FN2O4S. The van der Waals surface area contributed by atoms with Crippen molar-refractivity contribution in [2.24, 2.45) is 0 Å². The quantitative estimate of drug-likeness (QED) is 0.564. The summed E-state index contributed by atoms with van der Waals surface area (Å²) in [6.07, 6.45) is 0. The van der Waals surface area contributed by atoms with Gasteiger partial charge in [-0.05, 0) is 23.8 Å². The molecule has 8 heteroatoms. The van der Waals surface area contributed by atoms with Crippen molar-refractivity contribution in [2.75, 3.05) is 14.2 Å². The average molecular weight is 416 g/mol. The number of hydrogen-bond acceptors (Lipinski definition) is 6. The third-order valence-corrected chi connectivity index (χ3v) is 5.17. The van der Waals surface area contributed by atoms with Gasteiger partial charge in [0.05, 0.1) is 20.8 Å². The van der Waals surface area contributed by atoms with E-state index in [-0.39, 0.29) is 11.5 Å². The fraction of sp³-hybridized carbons (Fsp3) is 0.238. The van der Waals surface area contributed by atoms with Crippen molar-refractivity contribution in [1.82, 2.24) is 9.88 Å². The zero-order valence-corrected chi connectivity index (χ0v) is 16.9. The third kappa shape index (κ3) is 5.52. The lowest BCUT2D eigenvalue weighted by Crippen LogP contribution is -2.23. The normalized spacial score (nSPS) is 10.9. The molecule has 29 heavy (non-hydrogen) atoms. The van der Waals surface area contributed by atoms with Crippen molar-refractivity contribution < 1.29 is 23.8 Å². The smallest absolute Gasteiger partial charge is 0.355 e. The summed E-state index contributed by atoms with van der Waals surface area (Å²) in [4.78, 5) is 17.4. The molecule has 1 aromatic heterocycles. The van der Waals surface area contributed by atoms with Crippen LogP contribution < -0.4 is 9.47 Å². The largest absolute Gasteiger partial charge is 0.497 e. The molecule has 3 rings (SSSR count). The van der Waals surface area contributed by atoms with E-state index < -0.39 is 5.97 Å². The van der Waals surface area contributed by atoms with E-state index in [1.54, 1.807) is 26.4 Å². The number of methoxy groups -OCH3 is 2. The van der Waals surface area contributed by atoms with Gasteiger partial charge in [0, 0.05) is 30.1 Å². The molecule has 1 heterocycles. The van der Waals surface area contributed by atoms with Crippen LogP contribution in [-0.4, -0.2) is 35.2 Å². The Labute approximate surface area is 172 Å². The average Bonchev–Trinajstić information content (AvgIpc) is 3.19. The summed E-state index contributed by atoms with van der Waals surface area (Å²) in [7, 11) is 3.19. The molecule has 2 aromatic carbocycles. The number of thiazole rings is 1. The Kier molecular flexibility index (Phi) is 6.79. The minimum Gasteiger partial charge on any atom is -0.497 e. The van der Waals surface area contributed by atoms with E-state index in [4.69, 9.17) is 14.6 Å². The minimum absolute atomic E-state index is 0.0359. The molecule has 0 fully saturated rings. The van der Waals surface area contributed by atoms with Crippen LogP contribution in [0.1, 0.15) is 26.6 Å². The number of hydrogen-bond donors (Lipinski definition) is 1. The predicted octanol–water partition coefficient (Wildman–Crippen LogP) is 4.20. The first-order chi connectivity index (χ1) is 14.0. The topological polar surface area (TPSA) is 71.9 Å². The van der Waals surface area contributed by atoms with Gasteiger partial charge in [-0.2, -0.15) is 0 Å². The Hall–Kier alpha value is -2.97. The van der Waals surface area contributed by atoms with Gasteiger partial charge < -0.3 is 14.6 Å². The molecule has 0 spiro atoms. The second-order valence-electron chi connectivity index (χ2n) is 6.38. The van der Waals surface area contributed by atoms with E-state index >= 15 is 0 Å².